The molecule has 0 aliphatic heterocycles. The quantitative estimate of drug-likeness (QED) is 0.198. The van der Waals surface area contributed by atoms with Crippen LogP contribution < -0.4 is 4.74 Å². The van der Waals surface area contributed by atoms with Gasteiger partial charge in [-0.25, -0.2) is 0 Å². The number of rotatable bonds is 17. The summed E-state index contributed by atoms with van der Waals surface area (Å²) in [7, 11) is -2.01. The smallest absolute Gasteiger partial charge is 0.311 e. The highest BCUT2D eigenvalue weighted by atomic mass is 32.2. The minimum atomic E-state index is -3.39. The Morgan fingerprint density at radius 3 is 2.33 bits per heavy atom. The topological polar surface area (TPSA) is 116 Å². The van der Waals surface area contributed by atoms with Crippen LogP contribution in [0.1, 0.15) is 69.9 Å². The summed E-state index contributed by atoms with van der Waals surface area (Å²) < 4.78 is 37.5. The molecule has 1 N–H and O–H groups in total. The van der Waals surface area contributed by atoms with Gasteiger partial charge in [-0.1, -0.05) is 25.0 Å². The molecule has 1 aromatic rings. The number of benzene rings is 1. The van der Waals surface area contributed by atoms with Crippen molar-refractivity contribution in [2.24, 2.45) is 5.41 Å². The van der Waals surface area contributed by atoms with Crippen molar-refractivity contribution in [1.82, 2.24) is 0 Å². The number of aryl methyl sites for hydroxylation is 1. The molecule has 0 atom stereocenters. The fourth-order valence-electron chi connectivity index (χ4n) is 3.55. The second-order valence-electron chi connectivity index (χ2n) is 8.81. The van der Waals surface area contributed by atoms with Gasteiger partial charge < -0.3 is 14.6 Å². The maximum absolute atomic E-state index is 11.8. The van der Waals surface area contributed by atoms with E-state index in [1.807, 2.05) is 32.0 Å². The van der Waals surface area contributed by atoms with Crippen LogP contribution >= 0.6 is 0 Å². The summed E-state index contributed by atoms with van der Waals surface area (Å²) in [4.78, 5) is 23.0. The number of carboxylic acid groups (broad SMARTS) is 1. The molecule has 33 heavy (non-hydrogen) atoms. The van der Waals surface area contributed by atoms with Crippen molar-refractivity contribution in [2.75, 3.05) is 26.6 Å². The average molecular weight is 487 g/mol. The number of carbonyl (C=O) groups excluding carboxylic acids is 1. The number of hydrogen-bond acceptors (Lipinski definition) is 7. The van der Waals surface area contributed by atoms with E-state index in [1.54, 1.807) is 0 Å². The Labute approximate surface area is 197 Å². The number of unbranched alkanes of at least 4 members (excludes halogenated alkanes) is 3. The second-order valence-corrected chi connectivity index (χ2v) is 10.4. The van der Waals surface area contributed by atoms with Crippen LogP contribution in [0.25, 0.3) is 0 Å². The monoisotopic (exact) mass is 486 g/mol. The highest BCUT2D eigenvalue weighted by Gasteiger charge is 2.28. The first-order chi connectivity index (χ1) is 15.5. The van der Waals surface area contributed by atoms with Crippen LogP contribution in [0.15, 0.2) is 18.2 Å². The predicted octanol–water partition coefficient (Wildman–Crippen LogP) is 4.14. The number of aliphatic carboxylic acids is 1. The molecule has 1 aromatic carbocycles. The molecule has 8 nitrogen and oxygen atoms in total. The lowest BCUT2D eigenvalue weighted by molar-refractivity contribution is -0.151. The van der Waals surface area contributed by atoms with Gasteiger partial charge in [0.1, 0.15) is 5.75 Å². The summed E-state index contributed by atoms with van der Waals surface area (Å²) in [6, 6.07) is 5.76. The van der Waals surface area contributed by atoms with E-state index < -0.39 is 21.5 Å². The molecule has 0 spiro atoms. The van der Waals surface area contributed by atoms with E-state index in [-0.39, 0.29) is 19.0 Å². The molecule has 0 fully saturated rings. The molecule has 0 bridgehead atoms. The van der Waals surface area contributed by atoms with Crippen LogP contribution in [0.3, 0.4) is 0 Å². The molecular formula is C24H38O8S. The Morgan fingerprint density at radius 1 is 1.00 bits per heavy atom. The Morgan fingerprint density at radius 2 is 1.70 bits per heavy atom. The first-order valence-corrected chi connectivity index (χ1v) is 13.2. The van der Waals surface area contributed by atoms with Gasteiger partial charge in [-0.15, -0.1) is 0 Å². The van der Waals surface area contributed by atoms with Crippen LogP contribution in [0.4, 0.5) is 0 Å². The SMILES string of the molecule is COC(=O)C(C)(C)CCCOc1cccc(CCCCCCOS(C)(=O)=O)c1CCC(=O)O. The van der Waals surface area contributed by atoms with Gasteiger partial charge in [0.2, 0.25) is 0 Å². The van der Waals surface area contributed by atoms with E-state index in [0.717, 1.165) is 43.1 Å². The van der Waals surface area contributed by atoms with Crippen LogP contribution in [0.2, 0.25) is 0 Å². The maximum atomic E-state index is 11.8. The molecule has 0 amide bonds. The molecular weight excluding hydrogens is 448 g/mol. The molecule has 9 heteroatoms. The van der Waals surface area contributed by atoms with Gasteiger partial charge in [-0.05, 0) is 69.6 Å². The van der Waals surface area contributed by atoms with E-state index in [4.69, 9.17) is 18.8 Å². The number of carboxylic acids is 1. The van der Waals surface area contributed by atoms with Crippen LogP contribution in [-0.4, -0.2) is 52.0 Å². The Hall–Kier alpha value is -2.13. The summed E-state index contributed by atoms with van der Waals surface area (Å²) in [6.45, 7) is 4.29. The van der Waals surface area contributed by atoms with E-state index in [0.29, 0.717) is 38.0 Å². The third-order valence-corrected chi connectivity index (χ3v) is 5.99. The number of carbonyl (C=O) groups is 2. The molecule has 0 radical (unpaired) electrons. The summed E-state index contributed by atoms with van der Waals surface area (Å²) in [6.07, 6.45) is 6.86. The third-order valence-electron chi connectivity index (χ3n) is 5.40. The Kier molecular flexibility index (Phi) is 12.4. The zero-order chi connectivity index (χ0) is 24.9. The zero-order valence-corrected chi connectivity index (χ0v) is 21.0. The van der Waals surface area contributed by atoms with Crippen molar-refractivity contribution in [2.45, 2.75) is 71.6 Å². The molecule has 0 saturated carbocycles. The molecule has 0 unspecified atom stereocenters. The lowest BCUT2D eigenvalue weighted by Crippen LogP contribution is -2.26. The first-order valence-electron chi connectivity index (χ1n) is 11.3. The number of hydrogen-bond donors (Lipinski definition) is 1. The average Bonchev–Trinajstić information content (AvgIpc) is 2.73. The Bertz CT molecular complexity index is 861. The van der Waals surface area contributed by atoms with Crippen LogP contribution in [-0.2, 0) is 41.5 Å². The van der Waals surface area contributed by atoms with Gasteiger partial charge >= 0.3 is 11.9 Å². The Balaban J connectivity index is 2.64. The summed E-state index contributed by atoms with van der Waals surface area (Å²) in [5.74, 6) is -0.429. The summed E-state index contributed by atoms with van der Waals surface area (Å²) in [5, 5.41) is 9.15. The fourth-order valence-corrected chi connectivity index (χ4v) is 3.97. The number of ether oxygens (including phenoxy) is 2. The predicted molar refractivity (Wildman–Crippen MR) is 126 cm³/mol. The highest BCUT2D eigenvalue weighted by molar-refractivity contribution is 7.85. The van der Waals surface area contributed by atoms with Crippen molar-refractivity contribution in [3.8, 4) is 5.75 Å². The fraction of sp³-hybridized carbons (Fsp3) is 0.667. The van der Waals surface area contributed by atoms with Gasteiger partial charge in [-0.2, -0.15) is 8.42 Å². The molecule has 0 aromatic heterocycles. The van der Waals surface area contributed by atoms with Crippen LogP contribution in [0.5, 0.6) is 5.75 Å². The minimum absolute atomic E-state index is 0.0194. The highest BCUT2D eigenvalue weighted by Crippen LogP contribution is 2.28. The van der Waals surface area contributed by atoms with Crippen molar-refractivity contribution in [3.05, 3.63) is 29.3 Å². The van der Waals surface area contributed by atoms with Gasteiger partial charge in [0.25, 0.3) is 10.1 Å². The van der Waals surface area contributed by atoms with Gasteiger partial charge in [0, 0.05) is 6.42 Å². The third kappa shape index (κ3) is 12.1. The van der Waals surface area contributed by atoms with Crippen LogP contribution in [0, 0.1) is 5.41 Å². The summed E-state index contributed by atoms with van der Waals surface area (Å²) in [5.41, 5.74) is 1.39. The van der Waals surface area contributed by atoms with Crippen molar-refractivity contribution >= 4 is 22.1 Å². The lowest BCUT2D eigenvalue weighted by atomic mass is 9.88. The first kappa shape index (κ1) is 28.9. The molecule has 0 heterocycles. The van der Waals surface area contributed by atoms with Crippen molar-refractivity contribution < 1.29 is 36.8 Å². The minimum Gasteiger partial charge on any atom is -0.493 e. The van der Waals surface area contributed by atoms with Gasteiger partial charge in [0.05, 0.1) is 32.0 Å². The second kappa shape index (κ2) is 14.2. The lowest BCUT2D eigenvalue weighted by Gasteiger charge is -2.21. The number of esters is 1. The molecule has 0 aliphatic carbocycles. The van der Waals surface area contributed by atoms with E-state index in [9.17, 15) is 18.0 Å². The van der Waals surface area contributed by atoms with Gasteiger partial charge in [-0.3, -0.25) is 13.8 Å². The molecule has 1 rings (SSSR count). The largest absolute Gasteiger partial charge is 0.493 e. The molecule has 0 saturated heterocycles. The van der Waals surface area contributed by atoms with E-state index in [2.05, 4.69) is 0 Å². The zero-order valence-electron chi connectivity index (χ0n) is 20.2. The molecule has 0 aliphatic rings. The normalized spacial score (nSPS) is 11.9. The standard InChI is InChI=1S/C24H38O8S/c1-24(2,23(27)30-3)16-10-17-31-21-13-9-12-19(20(21)14-15-22(25)26)11-7-5-6-8-18-32-33(4,28)29/h9,12-13H,5-8,10-11,14-18H2,1-4H3,(H,25,26). The summed E-state index contributed by atoms with van der Waals surface area (Å²) >= 11 is 0. The maximum Gasteiger partial charge on any atom is 0.311 e. The van der Waals surface area contributed by atoms with Crippen molar-refractivity contribution in [3.63, 3.8) is 0 Å². The van der Waals surface area contributed by atoms with Gasteiger partial charge in [0.15, 0.2) is 0 Å². The van der Waals surface area contributed by atoms with Crippen molar-refractivity contribution in [1.29, 1.82) is 0 Å². The van der Waals surface area contributed by atoms with E-state index in [1.165, 1.54) is 7.11 Å². The van der Waals surface area contributed by atoms with E-state index >= 15 is 0 Å². The number of methoxy groups -OCH3 is 1. The molecule has 188 valence electrons.